The summed E-state index contributed by atoms with van der Waals surface area (Å²) >= 11 is 1.75. The Labute approximate surface area is 147 Å². The van der Waals surface area contributed by atoms with Crippen LogP contribution >= 0.6 is 11.3 Å². The van der Waals surface area contributed by atoms with Crippen molar-refractivity contribution in [1.82, 2.24) is 15.1 Å². The molecular weight excluding hydrogens is 314 g/mol. The molecule has 124 valence electrons. The van der Waals surface area contributed by atoms with E-state index in [1.807, 2.05) is 0 Å². The smallest absolute Gasteiger partial charge is 0.102 e. The standard InChI is InChI=1S/C20H23N3S/c1-2-5-16(6-3-1)8-11-23-12-9-17(10-13-23)18-15-19(22-21-18)20-7-4-14-24-20/h1-7,14-15,17H,8-13H2,(H,21,22). The summed E-state index contributed by atoms with van der Waals surface area (Å²) in [6.07, 6.45) is 3.60. The second-order valence-corrected chi connectivity index (χ2v) is 7.49. The minimum Gasteiger partial charge on any atom is -0.303 e. The average Bonchev–Trinajstić information content (AvgIpc) is 3.33. The van der Waals surface area contributed by atoms with E-state index in [2.05, 4.69) is 69.0 Å². The summed E-state index contributed by atoms with van der Waals surface area (Å²) in [6, 6.07) is 17.3. The molecule has 0 radical (unpaired) electrons. The van der Waals surface area contributed by atoms with Crippen molar-refractivity contribution in [1.29, 1.82) is 0 Å². The van der Waals surface area contributed by atoms with Gasteiger partial charge in [0.25, 0.3) is 0 Å². The van der Waals surface area contributed by atoms with E-state index >= 15 is 0 Å². The van der Waals surface area contributed by atoms with Crippen LogP contribution in [0, 0.1) is 0 Å². The van der Waals surface area contributed by atoms with Gasteiger partial charge in [-0.3, -0.25) is 5.10 Å². The number of likely N-dealkylation sites (tertiary alicyclic amines) is 1. The molecular formula is C20H23N3S. The van der Waals surface area contributed by atoms with Crippen LogP contribution in [-0.4, -0.2) is 34.7 Å². The third-order valence-electron chi connectivity index (χ3n) is 4.96. The van der Waals surface area contributed by atoms with Crippen LogP contribution in [0.2, 0.25) is 0 Å². The van der Waals surface area contributed by atoms with E-state index in [0.717, 1.165) is 12.1 Å². The van der Waals surface area contributed by atoms with Crippen molar-refractivity contribution < 1.29 is 0 Å². The molecule has 0 saturated carbocycles. The monoisotopic (exact) mass is 337 g/mol. The van der Waals surface area contributed by atoms with Crippen LogP contribution < -0.4 is 0 Å². The fraction of sp³-hybridized carbons (Fsp3) is 0.350. The fourth-order valence-corrected chi connectivity index (χ4v) is 4.18. The molecule has 1 N–H and O–H groups in total. The third-order valence-corrected chi connectivity index (χ3v) is 5.85. The molecule has 1 aliphatic heterocycles. The molecule has 1 fully saturated rings. The van der Waals surface area contributed by atoms with Gasteiger partial charge in [0.05, 0.1) is 4.88 Å². The van der Waals surface area contributed by atoms with Crippen molar-refractivity contribution in [2.45, 2.75) is 25.2 Å². The Morgan fingerprint density at radius 1 is 1.08 bits per heavy atom. The van der Waals surface area contributed by atoms with Gasteiger partial charge in [-0.2, -0.15) is 5.10 Å². The molecule has 24 heavy (non-hydrogen) atoms. The lowest BCUT2D eigenvalue weighted by Gasteiger charge is -2.31. The molecule has 3 nitrogen and oxygen atoms in total. The number of aromatic amines is 1. The number of benzene rings is 1. The van der Waals surface area contributed by atoms with E-state index in [1.165, 1.54) is 48.6 Å². The summed E-state index contributed by atoms with van der Waals surface area (Å²) in [5.74, 6) is 0.624. The zero-order valence-electron chi connectivity index (χ0n) is 13.8. The number of rotatable bonds is 5. The first-order chi connectivity index (χ1) is 11.9. The lowest BCUT2D eigenvalue weighted by atomic mass is 9.93. The molecule has 3 heterocycles. The van der Waals surface area contributed by atoms with Gasteiger partial charge in [-0.25, -0.2) is 0 Å². The molecule has 4 heteroatoms. The van der Waals surface area contributed by atoms with E-state index in [0.29, 0.717) is 5.92 Å². The molecule has 1 aromatic carbocycles. The fourth-order valence-electron chi connectivity index (χ4n) is 3.50. The highest BCUT2D eigenvalue weighted by Gasteiger charge is 2.22. The van der Waals surface area contributed by atoms with Crippen LogP contribution in [0.3, 0.4) is 0 Å². The SMILES string of the molecule is c1ccc(CCN2CCC(c3cc(-c4cccs4)n[nH]3)CC2)cc1. The van der Waals surface area contributed by atoms with Crippen LogP contribution in [0.5, 0.6) is 0 Å². The van der Waals surface area contributed by atoms with Gasteiger partial charge in [-0.05, 0) is 55.4 Å². The Morgan fingerprint density at radius 3 is 2.67 bits per heavy atom. The highest BCUT2D eigenvalue weighted by Crippen LogP contribution is 2.30. The van der Waals surface area contributed by atoms with Crippen LogP contribution in [0.25, 0.3) is 10.6 Å². The van der Waals surface area contributed by atoms with E-state index in [1.54, 1.807) is 11.3 Å². The molecule has 0 atom stereocenters. The second-order valence-electron chi connectivity index (χ2n) is 6.54. The first kappa shape index (κ1) is 15.6. The van der Waals surface area contributed by atoms with Gasteiger partial charge >= 0.3 is 0 Å². The lowest BCUT2D eigenvalue weighted by molar-refractivity contribution is 0.213. The molecule has 0 bridgehead atoms. The van der Waals surface area contributed by atoms with Crippen molar-refractivity contribution in [3.63, 3.8) is 0 Å². The predicted molar refractivity (Wildman–Crippen MR) is 100 cm³/mol. The normalized spacial score (nSPS) is 16.5. The third kappa shape index (κ3) is 3.60. The Morgan fingerprint density at radius 2 is 1.92 bits per heavy atom. The molecule has 3 aromatic rings. The van der Waals surface area contributed by atoms with E-state index in [9.17, 15) is 0 Å². The number of H-pyrrole nitrogens is 1. The summed E-state index contributed by atoms with van der Waals surface area (Å²) < 4.78 is 0. The number of nitrogens with one attached hydrogen (secondary N) is 1. The van der Waals surface area contributed by atoms with Gasteiger partial charge in [0, 0.05) is 18.2 Å². The number of nitrogens with zero attached hydrogens (tertiary/aromatic N) is 2. The Hall–Kier alpha value is -1.91. The van der Waals surface area contributed by atoms with E-state index in [4.69, 9.17) is 0 Å². The quantitative estimate of drug-likeness (QED) is 0.740. The predicted octanol–water partition coefficient (Wildman–Crippen LogP) is 4.56. The Balaban J connectivity index is 1.30. The molecule has 2 aromatic heterocycles. The number of hydrogen-bond donors (Lipinski definition) is 1. The minimum absolute atomic E-state index is 0.624. The summed E-state index contributed by atoms with van der Waals surface area (Å²) in [5.41, 5.74) is 3.83. The van der Waals surface area contributed by atoms with Gasteiger partial charge in [0.15, 0.2) is 0 Å². The average molecular weight is 337 g/mol. The van der Waals surface area contributed by atoms with Crippen LogP contribution in [0.4, 0.5) is 0 Å². The Bertz CT molecular complexity index is 740. The maximum atomic E-state index is 4.50. The number of aromatic nitrogens is 2. The number of thiophene rings is 1. The molecule has 0 spiro atoms. The summed E-state index contributed by atoms with van der Waals surface area (Å²) in [6.45, 7) is 3.54. The second kappa shape index (κ2) is 7.32. The number of piperidine rings is 1. The van der Waals surface area contributed by atoms with Gasteiger partial charge in [0.1, 0.15) is 5.69 Å². The highest BCUT2D eigenvalue weighted by molar-refractivity contribution is 7.13. The van der Waals surface area contributed by atoms with Gasteiger partial charge in [-0.15, -0.1) is 11.3 Å². The zero-order chi connectivity index (χ0) is 16.2. The topological polar surface area (TPSA) is 31.9 Å². The zero-order valence-corrected chi connectivity index (χ0v) is 14.6. The molecule has 1 aliphatic rings. The number of hydrogen-bond acceptors (Lipinski definition) is 3. The largest absolute Gasteiger partial charge is 0.303 e. The molecule has 0 unspecified atom stereocenters. The van der Waals surface area contributed by atoms with Gasteiger partial charge in [0.2, 0.25) is 0 Å². The van der Waals surface area contributed by atoms with Gasteiger partial charge in [-0.1, -0.05) is 36.4 Å². The summed E-state index contributed by atoms with van der Waals surface area (Å²) in [5, 5.41) is 9.88. The highest BCUT2D eigenvalue weighted by atomic mass is 32.1. The van der Waals surface area contributed by atoms with E-state index in [-0.39, 0.29) is 0 Å². The molecule has 0 amide bonds. The van der Waals surface area contributed by atoms with Crippen molar-refractivity contribution in [3.05, 3.63) is 65.2 Å². The van der Waals surface area contributed by atoms with Gasteiger partial charge < -0.3 is 4.90 Å². The maximum absolute atomic E-state index is 4.50. The molecule has 1 saturated heterocycles. The van der Waals surface area contributed by atoms with Crippen LogP contribution in [-0.2, 0) is 6.42 Å². The summed E-state index contributed by atoms with van der Waals surface area (Å²) in [4.78, 5) is 3.85. The lowest BCUT2D eigenvalue weighted by Crippen LogP contribution is -2.34. The molecule has 4 rings (SSSR count). The maximum Gasteiger partial charge on any atom is 0.102 e. The Kier molecular flexibility index (Phi) is 4.76. The van der Waals surface area contributed by atoms with Crippen molar-refractivity contribution >= 4 is 11.3 Å². The first-order valence-corrected chi connectivity index (χ1v) is 9.62. The first-order valence-electron chi connectivity index (χ1n) is 8.74. The van der Waals surface area contributed by atoms with Crippen molar-refractivity contribution in [2.24, 2.45) is 0 Å². The van der Waals surface area contributed by atoms with Crippen molar-refractivity contribution in [3.8, 4) is 10.6 Å². The van der Waals surface area contributed by atoms with Crippen molar-refractivity contribution in [2.75, 3.05) is 19.6 Å². The minimum atomic E-state index is 0.624. The molecule has 0 aliphatic carbocycles. The van der Waals surface area contributed by atoms with E-state index < -0.39 is 0 Å². The summed E-state index contributed by atoms with van der Waals surface area (Å²) in [7, 11) is 0. The van der Waals surface area contributed by atoms with Crippen LogP contribution in [0.1, 0.15) is 30.0 Å². The van der Waals surface area contributed by atoms with Crippen LogP contribution in [0.15, 0.2) is 53.9 Å².